The van der Waals surface area contributed by atoms with Crippen molar-refractivity contribution in [3.63, 3.8) is 0 Å². The maximum absolute atomic E-state index is 11.2. The Kier molecular flexibility index (Phi) is 9.87. The molecule has 1 aromatic heterocycles. The minimum absolute atomic E-state index is 0.00731. The van der Waals surface area contributed by atoms with Crippen LogP contribution in [0.1, 0.15) is 119 Å². The van der Waals surface area contributed by atoms with Gasteiger partial charge < -0.3 is 10.2 Å². The van der Waals surface area contributed by atoms with Gasteiger partial charge >= 0.3 is 0 Å². The van der Waals surface area contributed by atoms with Crippen LogP contribution in [0.5, 0.6) is 0 Å². The Bertz CT molecular complexity index is 893. The number of hydrogen-bond donors (Lipinski definition) is 2. The Morgan fingerprint density at radius 2 is 1.65 bits per heavy atom. The lowest BCUT2D eigenvalue weighted by Crippen LogP contribution is -2.29. The predicted octanol–water partition coefficient (Wildman–Crippen LogP) is 6.53. The summed E-state index contributed by atoms with van der Waals surface area (Å²) in [7, 11) is 0. The van der Waals surface area contributed by atoms with Crippen molar-refractivity contribution in [2.75, 3.05) is 0 Å². The molecule has 2 unspecified atom stereocenters. The molecule has 3 rings (SSSR count). The summed E-state index contributed by atoms with van der Waals surface area (Å²) < 4.78 is 0. The molecular weight excluding hydrogens is 384 g/mol. The highest BCUT2D eigenvalue weighted by Gasteiger charge is 2.36. The van der Waals surface area contributed by atoms with Crippen molar-refractivity contribution in [3.05, 3.63) is 63.5 Å². The van der Waals surface area contributed by atoms with E-state index in [1.165, 1.54) is 0 Å². The van der Waals surface area contributed by atoms with E-state index >= 15 is 0 Å². The predicted molar refractivity (Wildman–Crippen MR) is 128 cm³/mol. The molecule has 0 fully saturated rings. The van der Waals surface area contributed by atoms with E-state index in [0.29, 0.717) is 12.0 Å². The number of benzene rings is 1. The first-order valence-electron chi connectivity index (χ1n) is 11.5. The van der Waals surface area contributed by atoms with Gasteiger partial charge in [-0.3, -0.25) is 4.98 Å². The molecule has 2 atom stereocenters. The van der Waals surface area contributed by atoms with Gasteiger partial charge in [0.15, 0.2) is 0 Å². The number of aliphatic hydroxyl groups excluding tert-OH is 2. The second kappa shape index (κ2) is 11.4. The Labute approximate surface area is 189 Å². The normalized spacial score (nSPS) is 17.3. The number of nitrogens with zero attached hydrogens (tertiary/aromatic N) is 2. The smallest absolute Gasteiger partial charge is 0.106 e. The molecule has 4 nitrogen and oxygen atoms in total. The van der Waals surface area contributed by atoms with Crippen molar-refractivity contribution < 1.29 is 10.2 Å². The lowest BCUT2D eigenvalue weighted by molar-refractivity contribution is 0.0968. The summed E-state index contributed by atoms with van der Waals surface area (Å²) >= 11 is 0. The van der Waals surface area contributed by atoms with Crippen LogP contribution in [0.3, 0.4) is 0 Å². The third-order valence-corrected chi connectivity index (χ3v) is 5.55. The molecule has 0 saturated heterocycles. The molecule has 0 amide bonds. The number of pyridine rings is 1. The Balaban J connectivity index is 0.00000113. The summed E-state index contributed by atoms with van der Waals surface area (Å²) in [5, 5.41) is 30.9. The average molecular weight is 425 g/mol. The molecule has 2 aromatic rings. The van der Waals surface area contributed by atoms with Crippen LogP contribution in [-0.4, -0.2) is 15.2 Å². The van der Waals surface area contributed by atoms with Crippen molar-refractivity contribution >= 4 is 0 Å². The summed E-state index contributed by atoms with van der Waals surface area (Å²) in [5.74, 6) is 0.152. The minimum atomic E-state index is -0.838. The summed E-state index contributed by atoms with van der Waals surface area (Å²) in [5.41, 5.74) is 5.73. The zero-order valence-corrected chi connectivity index (χ0v) is 20.7. The van der Waals surface area contributed by atoms with Crippen molar-refractivity contribution in [2.45, 2.75) is 93.3 Å². The first-order chi connectivity index (χ1) is 14.6. The van der Waals surface area contributed by atoms with E-state index in [-0.39, 0.29) is 11.3 Å². The molecular formula is C27H40N2O2. The van der Waals surface area contributed by atoms with Gasteiger partial charge in [-0.25, -0.2) is 0 Å². The fraction of sp³-hybridized carbons (Fsp3) is 0.556. The third-order valence-electron chi connectivity index (χ3n) is 5.55. The summed E-state index contributed by atoms with van der Waals surface area (Å²) in [6.45, 7) is 18.5. The van der Waals surface area contributed by atoms with Crippen LogP contribution in [0.15, 0.2) is 24.3 Å². The molecule has 31 heavy (non-hydrogen) atoms. The molecule has 0 radical (unpaired) electrons. The monoisotopic (exact) mass is 424 g/mol. The van der Waals surface area contributed by atoms with Gasteiger partial charge in [0.2, 0.25) is 0 Å². The van der Waals surface area contributed by atoms with Gasteiger partial charge in [0.25, 0.3) is 0 Å². The van der Waals surface area contributed by atoms with E-state index in [4.69, 9.17) is 10.2 Å². The van der Waals surface area contributed by atoms with Gasteiger partial charge in [0, 0.05) is 22.5 Å². The highest BCUT2D eigenvalue weighted by atomic mass is 16.3. The molecule has 1 heterocycles. The zero-order chi connectivity index (χ0) is 23.9. The Morgan fingerprint density at radius 3 is 2.13 bits per heavy atom. The lowest BCUT2D eigenvalue weighted by atomic mass is 9.72. The van der Waals surface area contributed by atoms with Crippen LogP contribution < -0.4 is 0 Å². The van der Waals surface area contributed by atoms with Gasteiger partial charge in [-0.2, -0.15) is 5.26 Å². The number of nitriles is 1. The maximum Gasteiger partial charge on any atom is 0.106 e. The molecule has 170 valence electrons. The number of aliphatic hydroxyl groups is 2. The number of aromatic nitrogens is 1. The largest absolute Gasteiger partial charge is 0.388 e. The van der Waals surface area contributed by atoms with Gasteiger partial charge in [-0.1, -0.05) is 67.5 Å². The topological polar surface area (TPSA) is 77.1 Å². The first kappa shape index (κ1) is 26.8. The van der Waals surface area contributed by atoms with Crippen LogP contribution >= 0.6 is 0 Å². The van der Waals surface area contributed by atoms with E-state index in [2.05, 4.69) is 33.8 Å². The summed E-state index contributed by atoms with van der Waals surface area (Å²) in [6, 6.07) is 9.10. The molecule has 1 aromatic carbocycles. The van der Waals surface area contributed by atoms with Gasteiger partial charge in [-0.05, 0) is 54.4 Å². The molecule has 0 bridgehead atoms. The second-order valence-electron chi connectivity index (χ2n) is 8.75. The fourth-order valence-corrected chi connectivity index (χ4v) is 4.24. The average Bonchev–Trinajstić information content (AvgIpc) is 2.74. The quantitative estimate of drug-likeness (QED) is 0.587. The molecule has 4 heteroatoms. The standard InChI is InChI=1S/C23H28N2O2.2C2H6/c1-13(2)21-20(22(27)16-8-6-15(12-24)7-9-16)14(3)19-17(25-21)10-23(4,5)11-18(19)26;2*1-2/h6-9,13,18,22,26-27H,10-11H2,1-5H3;2*1-2H3. The highest BCUT2D eigenvalue weighted by Crippen LogP contribution is 2.44. The van der Waals surface area contributed by atoms with E-state index in [0.717, 1.165) is 40.1 Å². The van der Waals surface area contributed by atoms with Crippen LogP contribution in [0.4, 0.5) is 0 Å². The minimum Gasteiger partial charge on any atom is -0.388 e. The Hall–Kier alpha value is -2.22. The lowest BCUT2D eigenvalue weighted by Gasteiger charge is -2.36. The van der Waals surface area contributed by atoms with E-state index in [1.54, 1.807) is 24.3 Å². The molecule has 0 aliphatic heterocycles. The third kappa shape index (κ3) is 5.93. The fourth-order valence-electron chi connectivity index (χ4n) is 4.24. The molecule has 2 N–H and O–H groups in total. The van der Waals surface area contributed by atoms with Crippen molar-refractivity contribution in [1.82, 2.24) is 4.98 Å². The van der Waals surface area contributed by atoms with E-state index in [1.807, 2.05) is 34.6 Å². The number of rotatable bonds is 3. The summed E-state index contributed by atoms with van der Waals surface area (Å²) in [4.78, 5) is 4.93. The van der Waals surface area contributed by atoms with Crippen molar-refractivity contribution in [1.29, 1.82) is 5.26 Å². The molecule has 1 aliphatic carbocycles. The van der Waals surface area contributed by atoms with E-state index < -0.39 is 12.2 Å². The van der Waals surface area contributed by atoms with Crippen molar-refractivity contribution in [3.8, 4) is 6.07 Å². The van der Waals surface area contributed by atoms with Crippen LogP contribution in [-0.2, 0) is 6.42 Å². The molecule has 1 aliphatic rings. The number of fused-ring (bicyclic) bond motifs is 1. The Morgan fingerprint density at radius 1 is 1.10 bits per heavy atom. The summed E-state index contributed by atoms with van der Waals surface area (Å²) in [6.07, 6.45) is 0.114. The van der Waals surface area contributed by atoms with Crippen LogP contribution in [0, 0.1) is 23.7 Å². The van der Waals surface area contributed by atoms with Crippen LogP contribution in [0.2, 0.25) is 0 Å². The van der Waals surface area contributed by atoms with E-state index in [9.17, 15) is 10.2 Å². The SMILES string of the molecule is CC.CC.Cc1c2c(nc(C(C)C)c1C(O)c1ccc(C#N)cc1)CC(C)(C)CC2O. The molecule has 0 saturated carbocycles. The van der Waals surface area contributed by atoms with Crippen molar-refractivity contribution in [2.24, 2.45) is 5.41 Å². The maximum atomic E-state index is 11.2. The highest BCUT2D eigenvalue weighted by molar-refractivity contribution is 5.48. The molecule has 0 spiro atoms. The van der Waals surface area contributed by atoms with Gasteiger partial charge in [-0.15, -0.1) is 0 Å². The second-order valence-corrected chi connectivity index (χ2v) is 8.75. The van der Waals surface area contributed by atoms with Crippen LogP contribution in [0.25, 0.3) is 0 Å². The number of hydrogen-bond acceptors (Lipinski definition) is 4. The zero-order valence-electron chi connectivity index (χ0n) is 20.7. The van der Waals surface area contributed by atoms with Gasteiger partial charge in [0.1, 0.15) is 6.10 Å². The van der Waals surface area contributed by atoms with Gasteiger partial charge in [0.05, 0.1) is 17.7 Å². The first-order valence-corrected chi connectivity index (χ1v) is 11.5.